The number of halogens is 4. The standard InChI is InChI=1S/C21H14F4N2O3/c1-12-2-8-16(17(10-12)13-3-5-14(6-4-13)21(23,24)25)20(28)26-15-7-9-18(22)19(11-15)27(29)30/h2-11H,1H3,(H,26,28). The summed E-state index contributed by atoms with van der Waals surface area (Å²) in [5.41, 5.74) is 0.0983. The summed E-state index contributed by atoms with van der Waals surface area (Å²) >= 11 is 0. The maximum atomic E-state index is 13.5. The number of hydrogen-bond donors (Lipinski definition) is 1. The van der Waals surface area contributed by atoms with Crippen LogP contribution in [0.5, 0.6) is 0 Å². The second-order valence-corrected chi connectivity index (χ2v) is 6.50. The van der Waals surface area contributed by atoms with Crippen LogP contribution in [0.2, 0.25) is 0 Å². The van der Waals surface area contributed by atoms with Crippen molar-refractivity contribution < 1.29 is 27.3 Å². The molecule has 0 aliphatic carbocycles. The van der Waals surface area contributed by atoms with Crippen LogP contribution in [-0.2, 0) is 6.18 Å². The van der Waals surface area contributed by atoms with Crippen LogP contribution in [0.4, 0.5) is 28.9 Å². The van der Waals surface area contributed by atoms with Crippen molar-refractivity contribution in [2.45, 2.75) is 13.1 Å². The SMILES string of the molecule is Cc1ccc(C(=O)Nc2ccc(F)c([N+](=O)[O-])c2)c(-c2ccc(C(F)(F)F)cc2)c1. The van der Waals surface area contributed by atoms with Crippen molar-refractivity contribution in [3.05, 3.63) is 93.3 Å². The summed E-state index contributed by atoms with van der Waals surface area (Å²) in [7, 11) is 0. The molecule has 3 aromatic carbocycles. The molecular formula is C21H14F4N2O3. The number of rotatable bonds is 4. The van der Waals surface area contributed by atoms with Crippen molar-refractivity contribution >= 4 is 17.3 Å². The van der Waals surface area contributed by atoms with E-state index in [1.54, 1.807) is 19.1 Å². The van der Waals surface area contributed by atoms with E-state index in [1.807, 2.05) is 0 Å². The van der Waals surface area contributed by atoms with E-state index in [0.717, 1.165) is 29.8 Å². The molecule has 0 bridgehead atoms. The van der Waals surface area contributed by atoms with Crippen molar-refractivity contribution in [1.29, 1.82) is 0 Å². The summed E-state index contributed by atoms with van der Waals surface area (Å²) in [4.78, 5) is 22.7. The molecule has 3 rings (SSSR count). The van der Waals surface area contributed by atoms with Crippen molar-refractivity contribution in [3.63, 3.8) is 0 Å². The van der Waals surface area contributed by atoms with Crippen LogP contribution in [0, 0.1) is 22.9 Å². The summed E-state index contributed by atoms with van der Waals surface area (Å²) in [5, 5.41) is 13.3. The van der Waals surface area contributed by atoms with Gasteiger partial charge in [-0.3, -0.25) is 14.9 Å². The minimum Gasteiger partial charge on any atom is -0.322 e. The van der Waals surface area contributed by atoms with Crippen LogP contribution in [-0.4, -0.2) is 10.8 Å². The fourth-order valence-corrected chi connectivity index (χ4v) is 2.86. The predicted octanol–water partition coefficient (Wildman–Crippen LogP) is 5.98. The fourth-order valence-electron chi connectivity index (χ4n) is 2.86. The van der Waals surface area contributed by atoms with Crippen LogP contribution < -0.4 is 5.32 Å². The van der Waals surface area contributed by atoms with E-state index in [0.29, 0.717) is 11.1 Å². The molecule has 0 aliphatic heterocycles. The Morgan fingerprint density at radius 3 is 2.27 bits per heavy atom. The number of nitrogens with zero attached hydrogens (tertiary/aromatic N) is 1. The Kier molecular flexibility index (Phi) is 5.55. The largest absolute Gasteiger partial charge is 0.416 e. The maximum Gasteiger partial charge on any atom is 0.416 e. The van der Waals surface area contributed by atoms with E-state index in [-0.39, 0.29) is 11.3 Å². The molecule has 0 saturated heterocycles. The van der Waals surface area contributed by atoms with Crippen LogP contribution in [0.25, 0.3) is 11.1 Å². The highest BCUT2D eigenvalue weighted by Crippen LogP contribution is 2.32. The average Bonchev–Trinajstić information content (AvgIpc) is 2.68. The van der Waals surface area contributed by atoms with Gasteiger partial charge in [-0.05, 0) is 48.4 Å². The van der Waals surface area contributed by atoms with E-state index in [9.17, 15) is 32.5 Å². The van der Waals surface area contributed by atoms with Crippen LogP contribution in [0.1, 0.15) is 21.5 Å². The fraction of sp³-hybridized carbons (Fsp3) is 0.0952. The Balaban J connectivity index is 1.96. The Labute approximate surface area is 168 Å². The number of nitro groups is 1. The third-order valence-corrected chi connectivity index (χ3v) is 4.34. The molecule has 0 radical (unpaired) electrons. The van der Waals surface area contributed by atoms with Gasteiger partial charge in [-0.1, -0.05) is 29.8 Å². The number of benzene rings is 3. The molecule has 1 amide bonds. The van der Waals surface area contributed by atoms with Gasteiger partial charge in [0.05, 0.1) is 10.5 Å². The number of alkyl halides is 3. The van der Waals surface area contributed by atoms with Gasteiger partial charge in [-0.2, -0.15) is 17.6 Å². The number of nitrogens with one attached hydrogen (secondary N) is 1. The topological polar surface area (TPSA) is 72.2 Å². The minimum absolute atomic E-state index is 0.00652. The zero-order valence-corrected chi connectivity index (χ0v) is 15.5. The van der Waals surface area contributed by atoms with Gasteiger partial charge in [-0.15, -0.1) is 0 Å². The Morgan fingerprint density at radius 2 is 1.67 bits per heavy atom. The summed E-state index contributed by atoms with van der Waals surface area (Å²) in [6, 6.07) is 12.1. The summed E-state index contributed by atoms with van der Waals surface area (Å²) in [6.07, 6.45) is -4.48. The van der Waals surface area contributed by atoms with Gasteiger partial charge in [0.2, 0.25) is 5.82 Å². The Bertz CT molecular complexity index is 1130. The smallest absolute Gasteiger partial charge is 0.322 e. The normalized spacial score (nSPS) is 11.2. The van der Waals surface area contributed by atoms with E-state index < -0.39 is 34.1 Å². The van der Waals surface area contributed by atoms with Gasteiger partial charge in [0.15, 0.2) is 0 Å². The number of nitro benzene ring substituents is 1. The molecule has 30 heavy (non-hydrogen) atoms. The second-order valence-electron chi connectivity index (χ2n) is 6.50. The van der Waals surface area contributed by atoms with Crippen molar-refractivity contribution in [1.82, 2.24) is 0 Å². The maximum absolute atomic E-state index is 13.5. The van der Waals surface area contributed by atoms with E-state index in [4.69, 9.17) is 0 Å². The quantitative estimate of drug-likeness (QED) is 0.322. The molecule has 9 heteroatoms. The average molecular weight is 418 g/mol. The highest BCUT2D eigenvalue weighted by atomic mass is 19.4. The molecule has 3 aromatic rings. The number of hydrogen-bond acceptors (Lipinski definition) is 3. The van der Waals surface area contributed by atoms with E-state index in [1.165, 1.54) is 24.3 Å². The molecule has 5 nitrogen and oxygen atoms in total. The first kappa shape index (κ1) is 21.0. The first-order valence-electron chi connectivity index (χ1n) is 8.60. The first-order valence-corrected chi connectivity index (χ1v) is 8.60. The number of carbonyl (C=O) groups excluding carboxylic acids is 1. The van der Waals surface area contributed by atoms with Crippen molar-refractivity contribution in [2.24, 2.45) is 0 Å². The molecule has 0 fully saturated rings. The molecule has 0 atom stereocenters. The zero-order chi connectivity index (χ0) is 22.1. The third kappa shape index (κ3) is 4.45. The summed E-state index contributed by atoms with van der Waals surface area (Å²) < 4.78 is 51.9. The summed E-state index contributed by atoms with van der Waals surface area (Å²) in [6.45, 7) is 1.76. The molecule has 1 N–H and O–H groups in total. The van der Waals surface area contributed by atoms with Crippen LogP contribution in [0.15, 0.2) is 60.7 Å². The molecule has 0 aliphatic rings. The van der Waals surface area contributed by atoms with Crippen LogP contribution in [0.3, 0.4) is 0 Å². The summed E-state index contributed by atoms with van der Waals surface area (Å²) in [5.74, 6) is -1.69. The first-order chi connectivity index (χ1) is 14.1. The van der Waals surface area contributed by atoms with Gasteiger partial charge < -0.3 is 5.32 Å². The Morgan fingerprint density at radius 1 is 1.00 bits per heavy atom. The number of amides is 1. The van der Waals surface area contributed by atoms with Gasteiger partial charge in [0.25, 0.3) is 5.91 Å². The lowest BCUT2D eigenvalue weighted by molar-refractivity contribution is -0.387. The highest BCUT2D eigenvalue weighted by Gasteiger charge is 2.30. The molecular weight excluding hydrogens is 404 g/mol. The minimum atomic E-state index is -4.48. The van der Waals surface area contributed by atoms with E-state index in [2.05, 4.69) is 5.32 Å². The lowest BCUT2D eigenvalue weighted by Gasteiger charge is -2.13. The van der Waals surface area contributed by atoms with Gasteiger partial charge in [0, 0.05) is 17.3 Å². The molecule has 154 valence electrons. The van der Waals surface area contributed by atoms with E-state index >= 15 is 0 Å². The van der Waals surface area contributed by atoms with Gasteiger partial charge in [-0.25, -0.2) is 0 Å². The molecule has 0 spiro atoms. The van der Waals surface area contributed by atoms with Crippen molar-refractivity contribution in [2.75, 3.05) is 5.32 Å². The second kappa shape index (κ2) is 7.94. The third-order valence-electron chi connectivity index (χ3n) is 4.34. The van der Waals surface area contributed by atoms with Crippen molar-refractivity contribution in [3.8, 4) is 11.1 Å². The predicted molar refractivity (Wildman–Crippen MR) is 103 cm³/mol. The van der Waals surface area contributed by atoms with Crippen LogP contribution >= 0.6 is 0 Å². The molecule has 0 saturated carbocycles. The van der Waals surface area contributed by atoms with Gasteiger partial charge in [0.1, 0.15) is 0 Å². The molecule has 0 unspecified atom stereocenters. The number of carbonyl (C=O) groups is 1. The molecule has 0 aromatic heterocycles. The molecule has 0 heterocycles. The number of aryl methyl sites for hydroxylation is 1. The lowest BCUT2D eigenvalue weighted by Crippen LogP contribution is -2.13. The van der Waals surface area contributed by atoms with Gasteiger partial charge >= 0.3 is 11.9 Å². The highest BCUT2D eigenvalue weighted by molar-refractivity contribution is 6.09. The Hall–Kier alpha value is -3.75. The lowest BCUT2D eigenvalue weighted by atomic mass is 9.96. The monoisotopic (exact) mass is 418 g/mol. The number of anilines is 1. The zero-order valence-electron chi connectivity index (χ0n) is 15.5.